The van der Waals surface area contributed by atoms with Crippen LogP contribution in [0.4, 0.5) is 10.1 Å². The van der Waals surface area contributed by atoms with E-state index in [4.69, 9.17) is 21.7 Å². The van der Waals surface area contributed by atoms with Gasteiger partial charge in [0.05, 0.1) is 18.5 Å². The van der Waals surface area contributed by atoms with Crippen LogP contribution in [0.3, 0.4) is 0 Å². The Balaban J connectivity index is 1.99. The van der Waals surface area contributed by atoms with Crippen molar-refractivity contribution in [3.8, 4) is 11.5 Å². The van der Waals surface area contributed by atoms with E-state index in [0.717, 1.165) is 5.56 Å². The number of benzene rings is 2. The number of anilines is 1. The maximum absolute atomic E-state index is 13.6. The molecule has 2 rings (SSSR count). The molecule has 0 bridgehead atoms. The van der Waals surface area contributed by atoms with Gasteiger partial charge in [0.15, 0.2) is 23.2 Å². The number of rotatable bonds is 8. The van der Waals surface area contributed by atoms with E-state index in [1.807, 2.05) is 6.92 Å². The zero-order valence-corrected chi connectivity index (χ0v) is 17.3. The third-order valence-electron chi connectivity index (χ3n) is 3.62. The zero-order chi connectivity index (χ0) is 21.2. The number of nitrogens with one attached hydrogen (secondary N) is 2. The van der Waals surface area contributed by atoms with Crippen molar-refractivity contribution < 1.29 is 18.7 Å². The molecule has 1 amide bonds. The fourth-order valence-electron chi connectivity index (χ4n) is 2.14. The van der Waals surface area contributed by atoms with E-state index < -0.39 is 5.82 Å². The van der Waals surface area contributed by atoms with Crippen LogP contribution in [-0.4, -0.2) is 49.4 Å². The number of hydrogen-bond donors (Lipinski definition) is 2. The number of likely N-dealkylation sites (N-methyl/N-ethyl adjacent to an activating group) is 1. The second-order valence-corrected chi connectivity index (χ2v) is 6.43. The molecule has 0 saturated heterocycles. The third kappa shape index (κ3) is 7.04. The number of carbonyl (C=O) groups is 1. The Morgan fingerprint density at radius 3 is 2.66 bits per heavy atom. The average molecular weight is 418 g/mol. The van der Waals surface area contributed by atoms with Crippen molar-refractivity contribution in [1.29, 1.82) is 0 Å². The summed E-state index contributed by atoms with van der Waals surface area (Å²) in [6, 6.07) is 11.4. The van der Waals surface area contributed by atoms with Gasteiger partial charge in [-0.05, 0) is 55.0 Å². The molecule has 0 atom stereocenters. The van der Waals surface area contributed by atoms with Crippen LogP contribution in [0.25, 0.3) is 0 Å². The smallest absolute Gasteiger partial charge is 0.259 e. The number of amides is 1. The molecule has 0 radical (unpaired) electrons. The molecule has 0 fully saturated rings. The Kier molecular flexibility index (Phi) is 8.35. The zero-order valence-electron chi connectivity index (χ0n) is 16.4. The molecule has 7 nitrogen and oxygen atoms in total. The fraction of sp³-hybridized carbons (Fsp3) is 0.250. The van der Waals surface area contributed by atoms with Gasteiger partial charge in [0.1, 0.15) is 5.82 Å². The van der Waals surface area contributed by atoms with Crippen LogP contribution in [0.1, 0.15) is 12.5 Å². The van der Waals surface area contributed by atoms with Gasteiger partial charge in [-0.3, -0.25) is 10.2 Å². The van der Waals surface area contributed by atoms with Crippen molar-refractivity contribution in [3.63, 3.8) is 0 Å². The summed E-state index contributed by atoms with van der Waals surface area (Å²) < 4.78 is 24.7. The molecule has 2 N–H and O–H groups in total. The molecular weight excluding hydrogens is 395 g/mol. The Labute approximate surface area is 174 Å². The van der Waals surface area contributed by atoms with Crippen molar-refractivity contribution in [2.75, 3.05) is 32.6 Å². The fourth-order valence-corrected chi connectivity index (χ4v) is 2.30. The minimum absolute atomic E-state index is 0.0853. The molecule has 0 unspecified atom stereocenters. The van der Waals surface area contributed by atoms with E-state index in [9.17, 15) is 9.18 Å². The summed E-state index contributed by atoms with van der Waals surface area (Å²) in [7, 11) is 3.32. The molecule has 2 aromatic carbocycles. The lowest BCUT2D eigenvalue weighted by atomic mass is 10.2. The van der Waals surface area contributed by atoms with Crippen LogP contribution >= 0.6 is 12.2 Å². The summed E-state index contributed by atoms with van der Waals surface area (Å²) in [5, 5.41) is 6.91. The first-order valence-electron chi connectivity index (χ1n) is 8.85. The summed E-state index contributed by atoms with van der Waals surface area (Å²) >= 11 is 5.10. The van der Waals surface area contributed by atoms with Crippen LogP contribution in [0.5, 0.6) is 11.5 Å². The van der Waals surface area contributed by atoms with Crippen LogP contribution in [-0.2, 0) is 4.79 Å². The van der Waals surface area contributed by atoms with Crippen molar-refractivity contribution in [2.24, 2.45) is 5.10 Å². The molecule has 0 aromatic heterocycles. The molecule has 0 heterocycles. The second-order valence-electron chi connectivity index (χ2n) is 6.02. The van der Waals surface area contributed by atoms with Gasteiger partial charge >= 0.3 is 0 Å². The van der Waals surface area contributed by atoms with Crippen LogP contribution < -0.4 is 20.2 Å². The molecule has 29 heavy (non-hydrogen) atoms. The predicted octanol–water partition coefficient (Wildman–Crippen LogP) is 3.01. The van der Waals surface area contributed by atoms with E-state index in [1.165, 1.54) is 17.2 Å². The Morgan fingerprint density at radius 1 is 1.21 bits per heavy atom. The first-order chi connectivity index (χ1) is 13.9. The first kappa shape index (κ1) is 22.1. The minimum Gasteiger partial charge on any atom is -0.490 e. The molecule has 0 aliphatic carbocycles. The van der Waals surface area contributed by atoms with E-state index >= 15 is 0 Å². The van der Waals surface area contributed by atoms with Crippen molar-refractivity contribution >= 4 is 35.1 Å². The van der Waals surface area contributed by atoms with Gasteiger partial charge in [-0.15, -0.1) is 0 Å². The highest BCUT2D eigenvalue weighted by Crippen LogP contribution is 2.28. The van der Waals surface area contributed by atoms with E-state index in [2.05, 4.69) is 15.8 Å². The van der Waals surface area contributed by atoms with E-state index in [1.54, 1.807) is 50.5 Å². The molecule has 154 valence electrons. The van der Waals surface area contributed by atoms with Gasteiger partial charge in [-0.2, -0.15) is 5.10 Å². The minimum atomic E-state index is -0.412. The Hall–Kier alpha value is -3.20. The standard InChI is InChI=1S/C20H23FN4O3S/c1-4-27-18-11-14(9-10-17(18)28-13-19(26)25(2)3)12-22-24-20(29)23-16-8-6-5-7-15(16)21/h5-12H,4,13H2,1-3H3,(H2,23,24,29)/b22-12-. The SMILES string of the molecule is CCOc1cc(/C=N\NC(=S)Nc2ccccc2F)ccc1OCC(=O)N(C)C. The van der Waals surface area contributed by atoms with E-state index in [0.29, 0.717) is 18.1 Å². The van der Waals surface area contributed by atoms with Gasteiger partial charge in [-0.25, -0.2) is 4.39 Å². The number of hydrazone groups is 1. The molecular formula is C20H23FN4O3S. The highest BCUT2D eigenvalue weighted by Gasteiger charge is 2.10. The molecule has 9 heteroatoms. The summed E-state index contributed by atoms with van der Waals surface area (Å²) in [5.41, 5.74) is 3.61. The molecule has 2 aromatic rings. The number of nitrogens with zero attached hydrogens (tertiary/aromatic N) is 2. The van der Waals surface area contributed by atoms with Crippen molar-refractivity contribution in [2.45, 2.75) is 6.92 Å². The van der Waals surface area contributed by atoms with Gasteiger partial charge in [0.2, 0.25) is 0 Å². The quantitative estimate of drug-likeness (QED) is 0.390. The number of thiocarbonyl (C=S) groups is 1. The van der Waals surface area contributed by atoms with E-state index in [-0.39, 0.29) is 23.3 Å². The van der Waals surface area contributed by atoms with Crippen LogP contribution in [0.15, 0.2) is 47.6 Å². The number of halogens is 1. The lowest BCUT2D eigenvalue weighted by Crippen LogP contribution is -2.27. The third-order valence-corrected chi connectivity index (χ3v) is 3.81. The number of ether oxygens (including phenoxy) is 2. The first-order valence-corrected chi connectivity index (χ1v) is 9.26. The lowest BCUT2D eigenvalue weighted by Gasteiger charge is -2.14. The Morgan fingerprint density at radius 2 is 1.97 bits per heavy atom. The van der Waals surface area contributed by atoms with Gasteiger partial charge in [0.25, 0.3) is 5.91 Å². The van der Waals surface area contributed by atoms with Gasteiger partial charge in [-0.1, -0.05) is 12.1 Å². The van der Waals surface area contributed by atoms with Gasteiger partial charge in [0, 0.05) is 14.1 Å². The normalized spacial score (nSPS) is 10.5. The van der Waals surface area contributed by atoms with Crippen LogP contribution in [0, 0.1) is 5.82 Å². The Bertz CT molecular complexity index is 890. The average Bonchev–Trinajstić information content (AvgIpc) is 2.69. The highest BCUT2D eigenvalue weighted by molar-refractivity contribution is 7.80. The molecule has 0 spiro atoms. The predicted molar refractivity (Wildman–Crippen MR) is 115 cm³/mol. The topological polar surface area (TPSA) is 75.2 Å². The summed E-state index contributed by atoms with van der Waals surface area (Å²) in [5.74, 6) is 0.391. The molecule has 0 saturated carbocycles. The van der Waals surface area contributed by atoms with Crippen molar-refractivity contribution in [3.05, 3.63) is 53.8 Å². The number of hydrogen-bond acceptors (Lipinski definition) is 5. The largest absolute Gasteiger partial charge is 0.490 e. The maximum atomic E-state index is 13.6. The van der Waals surface area contributed by atoms with Gasteiger partial charge < -0.3 is 19.7 Å². The second kappa shape index (κ2) is 11.0. The van der Waals surface area contributed by atoms with Crippen molar-refractivity contribution in [1.82, 2.24) is 10.3 Å². The molecule has 0 aliphatic rings. The summed E-state index contributed by atoms with van der Waals surface area (Å²) in [4.78, 5) is 13.1. The highest BCUT2D eigenvalue weighted by atomic mass is 32.1. The summed E-state index contributed by atoms with van der Waals surface area (Å²) in [6.07, 6.45) is 1.53. The lowest BCUT2D eigenvalue weighted by molar-refractivity contribution is -0.130. The number of carbonyl (C=O) groups excluding carboxylic acids is 1. The maximum Gasteiger partial charge on any atom is 0.259 e. The monoisotopic (exact) mass is 418 g/mol. The number of para-hydroxylation sites is 1. The van der Waals surface area contributed by atoms with Crippen LogP contribution in [0.2, 0.25) is 0 Å². The summed E-state index contributed by atoms with van der Waals surface area (Å²) in [6.45, 7) is 2.20. The molecule has 0 aliphatic heterocycles.